The normalized spacial score (nSPS) is 10.6. The van der Waals surface area contributed by atoms with Crippen molar-refractivity contribution in [2.75, 3.05) is 28.3 Å². The number of benzene rings is 3. The zero-order valence-corrected chi connectivity index (χ0v) is 22.3. The lowest BCUT2D eigenvalue weighted by molar-refractivity contribution is -0.113. The number of nitrogens with one attached hydrogen (secondary N) is 3. The van der Waals surface area contributed by atoms with E-state index in [9.17, 15) is 9.59 Å². The molecule has 0 fully saturated rings. The van der Waals surface area contributed by atoms with Crippen molar-refractivity contribution in [2.45, 2.75) is 25.1 Å². The third kappa shape index (κ3) is 7.55. The fourth-order valence-corrected chi connectivity index (χ4v) is 4.87. The van der Waals surface area contributed by atoms with Crippen LogP contribution in [0.5, 0.6) is 5.75 Å². The number of carbonyl (C=O) groups is 2. The Balaban J connectivity index is 1.24. The van der Waals surface area contributed by atoms with Crippen LogP contribution >= 0.6 is 23.1 Å². The van der Waals surface area contributed by atoms with Gasteiger partial charge in [-0.3, -0.25) is 9.59 Å². The lowest BCUT2D eigenvalue weighted by Crippen LogP contribution is -2.15. The monoisotopic (exact) mass is 533 g/mol. The second-order valence-corrected chi connectivity index (χ2v) is 10.3. The lowest BCUT2D eigenvalue weighted by atomic mass is 10.1. The molecule has 8 nitrogen and oxygen atoms in total. The number of rotatable bonds is 10. The first kappa shape index (κ1) is 26.2. The summed E-state index contributed by atoms with van der Waals surface area (Å²) >= 11 is 2.71. The molecule has 0 aliphatic rings. The number of carbonyl (C=O) groups excluding carboxylic acids is 2. The molecule has 4 aromatic rings. The maximum atomic E-state index is 12.5. The highest BCUT2D eigenvalue weighted by Gasteiger charge is 2.11. The van der Waals surface area contributed by atoms with Crippen molar-refractivity contribution in [1.82, 2.24) is 10.2 Å². The quantitative estimate of drug-likeness (QED) is 0.206. The molecule has 0 atom stereocenters. The number of aromatic nitrogens is 2. The van der Waals surface area contributed by atoms with Crippen molar-refractivity contribution in [3.63, 3.8) is 0 Å². The second-order valence-electron chi connectivity index (χ2n) is 8.12. The summed E-state index contributed by atoms with van der Waals surface area (Å²) in [6.07, 6.45) is 0. The topological polar surface area (TPSA) is 105 Å². The van der Waals surface area contributed by atoms with Crippen molar-refractivity contribution >= 4 is 57.1 Å². The van der Waals surface area contributed by atoms with Gasteiger partial charge in [-0.1, -0.05) is 29.2 Å². The van der Waals surface area contributed by atoms with E-state index in [1.807, 2.05) is 13.0 Å². The summed E-state index contributed by atoms with van der Waals surface area (Å²) in [7, 11) is 0. The smallest absolute Gasteiger partial charge is 0.255 e. The van der Waals surface area contributed by atoms with Crippen LogP contribution in [0.1, 0.15) is 28.4 Å². The van der Waals surface area contributed by atoms with Crippen LogP contribution in [0.25, 0.3) is 0 Å². The van der Waals surface area contributed by atoms with Gasteiger partial charge in [0.1, 0.15) is 5.75 Å². The van der Waals surface area contributed by atoms with E-state index >= 15 is 0 Å². The molecule has 0 unspecified atom stereocenters. The molecule has 3 N–H and O–H groups in total. The van der Waals surface area contributed by atoms with Gasteiger partial charge in [-0.25, -0.2) is 0 Å². The minimum Gasteiger partial charge on any atom is -0.494 e. The molecule has 0 saturated carbocycles. The highest BCUT2D eigenvalue weighted by Crippen LogP contribution is 2.28. The van der Waals surface area contributed by atoms with Crippen LogP contribution in [0.2, 0.25) is 0 Å². The SMILES string of the molecule is CCOc1ccc(NC(=O)c2ccc(NC(=O)CSc3nnc(Nc4ccc(C)c(C)c4)s3)cc2)cc1. The van der Waals surface area contributed by atoms with Gasteiger partial charge in [0.25, 0.3) is 5.91 Å². The molecule has 10 heteroatoms. The predicted octanol–water partition coefficient (Wildman–Crippen LogP) is 6.28. The molecule has 0 spiro atoms. The van der Waals surface area contributed by atoms with E-state index in [2.05, 4.69) is 52.1 Å². The highest BCUT2D eigenvalue weighted by atomic mass is 32.2. The van der Waals surface area contributed by atoms with Gasteiger partial charge in [0.05, 0.1) is 12.4 Å². The minimum absolute atomic E-state index is 0.171. The zero-order valence-electron chi connectivity index (χ0n) is 20.7. The number of nitrogens with zero attached hydrogens (tertiary/aromatic N) is 2. The molecule has 0 aliphatic heterocycles. The fraction of sp³-hybridized carbons (Fsp3) is 0.185. The lowest BCUT2D eigenvalue weighted by Gasteiger charge is -2.08. The van der Waals surface area contributed by atoms with E-state index in [1.165, 1.54) is 34.2 Å². The Morgan fingerprint density at radius 1 is 0.865 bits per heavy atom. The molecule has 3 aromatic carbocycles. The van der Waals surface area contributed by atoms with Crippen molar-refractivity contribution in [2.24, 2.45) is 0 Å². The molecule has 0 bridgehead atoms. The summed E-state index contributed by atoms with van der Waals surface area (Å²) in [4.78, 5) is 24.9. The number of ether oxygens (including phenoxy) is 1. The molecular weight excluding hydrogens is 506 g/mol. The molecular formula is C27H27N5O3S2. The van der Waals surface area contributed by atoms with E-state index in [0.717, 1.165) is 11.4 Å². The number of hydrogen-bond acceptors (Lipinski definition) is 8. The number of aryl methyl sites for hydroxylation is 2. The van der Waals surface area contributed by atoms with E-state index < -0.39 is 0 Å². The van der Waals surface area contributed by atoms with E-state index in [4.69, 9.17) is 4.74 Å². The van der Waals surface area contributed by atoms with Gasteiger partial charge in [0.15, 0.2) is 4.34 Å². The number of hydrogen-bond donors (Lipinski definition) is 3. The highest BCUT2D eigenvalue weighted by molar-refractivity contribution is 8.01. The van der Waals surface area contributed by atoms with Crippen LogP contribution in [0.4, 0.5) is 22.2 Å². The van der Waals surface area contributed by atoms with Crippen LogP contribution in [-0.2, 0) is 4.79 Å². The first-order valence-electron chi connectivity index (χ1n) is 11.6. The van der Waals surface area contributed by atoms with Gasteiger partial charge < -0.3 is 20.7 Å². The Morgan fingerprint density at radius 2 is 1.54 bits per heavy atom. The van der Waals surface area contributed by atoms with Crippen LogP contribution in [0.3, 0.4) is 0 Å². The molecule has 0 radical (unpaired) electrons. The summed E-state index contributed by atoms with van der Waals surface area (Å²) in [5, 5.41) is 17.9. The number of amides is 2. The Bertz CT molecular complexity index is 1370. The fourth-order valence-electron chi connectivity index (χ4n) is 3.29. The Morgan fingerprint density at radius 3 is 2.24 bits per heavy atom. The number of thioether (sulfide) groups is 1. The summed E-state index contributed by atoms with van der Waals surface area (Å²) in [6.45, 7) is 6.63. The van der Waals surface area contributed by atoms with E-state index in [1.54, 1.807) is 48.5 Å². The Hall–Kier alpha value is -3.89. The van der Waals surface area contributed by atoms with Crippen molar-refractivity contribution in [3.05, 3.63) is 83.4 Å². The van der Waals surface area contributed by atoms with Crippen LogP contribution in [0, 0.1) is 13.8 Å². The first-order chi connectivity index (χ1) is 17.9. The van der Waals surface area contributed by atoms with Crippen LogP contribution in [0.15, 0.2) is 71.1 Å². The molecule has 1 heterocycles. The number of anilines is 4. The van der Waals surface area contributed by atoms with Crippen molar-refractivity contribution < 1.29 is 14.3 Å². The average Bonchev–Trinajstić information content (AvgIpc) is 3.34. The molecule has 0 aliphatic carbocycles. The van der Waals surface area contributed by atoms with E-state index in [0.29, 0.717) is 33.0 Å². The molecule has 0 saturated heterocycles. The predicted molar refractivity (Wildman–Crippen MR) is 150 cm³/mol. The zero-order chi connectivity index (χ0) is 26.2. The Kier molecular flexibility index (Phi) is 8.76. The van der Waals surface area contributed by atoms with Gasteiger partial charge in [0, 0.05) is 22.6 Å². The molecule has 4 rings (SSSR count). The average molecular weight is 534 g/mol. The van der Waals surface area contributed by atoms with Gasteiger partial charge >= 0.3 is 0 Å². The van der Waals surface area contributed by atoms with Gasteiger partial charge in [-0.15, -0.1) is 10.2 Å². The molecule has 190 valence electrons. The summed E-state index contributed by atoms with van der Waals surface area (Å²) < 4.78 is 6.11. The molecule has 2 amide bonds. The molecule has 37 heavy (non-hydrogen) atoms. The largest absolute Gasteiger partial charge is 0.494 e. The maximum absolute atomic E-state index is 12.5. The second kappa shape index (κ2) is 12.4. The maximum Gasteiger partial charge on any atom is 0.255 e. The van der Waals surface area contributed by atoms with Crippen LogP contribution < -0.4 is 20.7 Å². The third-order valence-corrected chi connectivity index (χ3v) is 7.32. The molecule has 1 aromatic heterocycles. The summed E-state index contributed by atoms with van der Waals surface area (Å²) in [5.74, 6) is 0.534. The van der Waals surface area contributed by atoms with Crippen LogP contribution in [-0.4, -0.2) is 34.4 Å². The minimum atomic E-state index is -0.237. The standard InChI is InChI=1S/C27H27N5O3S2/c1-4-35-23-13-11-21(12-14-23)29-25(34)19-6-9-20(10-7-19)28-24(33)16-36-27-32-31-26(37-27)30-22-8-5-17(2)18(3)15-22/h5-15H,4,16H2,1-3H3,(H,28,33)(H,29,34)(H,30,31). The van der Waals surface area contributed by atoms with Gasteiger partial charge in [-0.2, -0.15) is 0 Å². The third-order valence-electron chi connectivity index (χ3n) is 5.35. The summed E-state index contributed by atoms with van der Waals surface area (Å²) in [6, 6.07) is 20.0. The van der Waals surface area contributed by atoms with Crippen molar-refractivity contribution in [3.8, 4) is 5.75 Å². The first-order valence-corrected chi connectivity index (χ1v) is 13.4. The van der Waals surface area contributed by atoms with E-state index in [-0.39, 0.29) is 17.6 Å². The summed E-state index contributed by atoms with van der Waals surface area (Å²) in [5.41, 5.74) is 5.14. The Labute approximate surface area is 223 Å². The van der Waals surface area contributed by atoms with Crippen molar-refractivity contribution in [1.29, 1.82) is 0 Å². The van der Waals surface area contributed by atoms with Gasteiger partial charge in [-0.05, 0) is 92.6 Å². The van der Waals surface area contributed by atoms with Gasteiger partial charge in [0.2, 0.25) is 11.0 Å².